The van der Waals surface area contributed by atoms with Gasteiger partial charge in [0.15, 0.2) is 0 Å². The third-order valence-electron chi connectivity index (χ3n) is 2.47. The van der Waals surface area contributed by atoms with E-state index in [4.69, 9.17) is 4.74 Å². The molecule has 92 valence electrons. The van der Waals surface area contributed by atoms with Crippen LogP contribution >= 0.6 is 11.8 Å². The molecule has 1 aliphatic heterocycles. The number of hydrogen-bond acceptors (Lipinski definition) is 4. The zero-order valence-corrected chi connectivity index (χ0v) is 10.4. The Kier molecular flexibility index (Phi) is 4.28. The number of nitrogens with one attached hydrogen (secondary N) is 1. The van der Waals surface area contributed by atoms with Crippen LogP contribution in [0.3, 0.4) is 0 Å². The van der Waals surface area contributed by atoms with E-state index >= 15 is 0 Å². The third-order valence-corrected chi connectivity index (χ3v) is 3.60. The first kappa shape index (κ1) is 12.3. The largest absolute Gasteiger partial charge is 0.453 e. The van der Waals surface area contributed by atoms with E-state index in [1.54, 1.807) is 11.8 Å². The predicted octanol–water partition coefficient (Wildman–Crippen LogP) is 1.90. The second kappa shape index (κ2) is 5.93. The SMILES string of the molecule is COC(=O)N[C@@H](CSc1ccccc1)[C@H]1CO1. The van der Waals surface area contributed by atoms with Crippen molar-refractivity contribution in [3.05, 3.63) is 30.3 Å². The summed E-state index contributed by atoms with van der Waals surface area (Å²) in [5.74, 6) is 0.782. The quantitative estimate of drug-likeness (QED) is 0.643. The Morgan fingerprint density at radius 2 is 2.29 bits per heavy atom. The minimum absolute atomic E-state index is 0.00709. The molecule has 0 saturated carbocycles. The van der Waals surface area contributed by atoms with Crippen LogP contribution in [0.1, 0.15) is 0 Å². The second-order valence-corrected chi connectivity index (χ2v) is 4.83. The summed E-state index contributed by atoms with van der Waals surface area (Å²) in [4.78, 5) is 12.4. The molecule has 2 atom stereocenters. The Morgan fingerprint density at radius 1 is 1.59 bits per heavy atom. The molecule has 4 nitrogen and oxygen atoms in total. The molecular formula is C12H15NO3S. The van der Waals surface area contributed by atoms with Crippen molar-refractivity contribution in [2.75, 3.05) is 19.5 Å². The molecule has 1 aromatic carbocycles. The molecule has 1 N–H and O–H groups in total. The van der Waals surface area contributed by atoms with Gasteiger partial charge in [-0.1, -0.05) is 18.2 Å². The van der Waals surface area contributed by atoms with E-state index in [0.29, 0.717) is 6.61 Å². The van der Waals surface area contributed by atoms with Crippen molar-refractivity contribution in [2.24, 2.45) is 0 Å². The number of hydrogen-bond donors (Lipinski definition) is 1. The molecule has 0 aromatic heterocycles. The highest BCUT2D eigenvalue weighted by Gasteiger charge is 2.34. The maximum absolute atomic E-state index is 11.2. The highest BCUT2D eigenvalue weighted by molar-refractivity contribution is 7.99. The summed E-state index contributed by atoms with van der Waals surface area (Å²) in [6.45, 7) is 0.712. The molecule has 0 aliphatic carbocycles. The summed E-state index contributed by atoms with van der Waals surface area (Å²) in [5.41, 5.74) is 0. The van der Waals surface area contributed by atoms with Gasteiger partial charge in [0.2, 0.25) is 0 Å². The van der Waals surface area contributed by atoms with Crippen LogP contribution in [0.25, 0.3) is 0 Å². The first-order valence-electron chi connectivity index (χ1n) is 5.43. The molecule has 1 aromatic rings. The lowest BCUT2D eigenvalue weighted by atomic mass is 10.2. The number of rotatable bonds is 5. The minimum Gasteiger partial charge on any atom is -0.453 e. The van der Waals surface area contributed by atoms with Gasteiger partial charge in [0.1, 0.15) is 6.10 Å². The Morgan fingerprint density at radius 3 is 2.88 bits per heavy atom. The summed E-state index contributed by atoms with van der Waals surface area (Å²) < 4.78 is 9.82. The zero-order valence-electron chi connectivity index (χ0n) is 9.59. The highest BCUT2D eigenvalue weighted by atomic mass is 32.2. The van der Waals surface area contributed by atoms with E-state index in [2.05, 4.69) is 10.1 Å². The molecular weight excluding hydrogens is 238 g/mol. The lowest BCUT2D eigenvalue weighted by Crippen LogP contribution is -2.40. The molecule has 1 aliphatic rings. The molecule has 0 unspecified atom stereocenters. The number of epoxide rings is 1. The summed E-state index contributed by atoms with van der Waals surface area (Å²) in [6, 6.07) is 10.1. The molecule has 1 heterocycles. The fourth-order valence-corrected chi connectivity index (χ4v) is 2.46. The molecule has 2 rings (SSSR count). The summed E-state index contributed by atoms with van der Waals surface area (Å²) in [6.07, 6.45) is -0.274. The minimum atomic E-state index is -0.404. The molecule has 1 fully saturated rings. The van der Waals surface area contributed by atoms with E-state index in [0.717, 1.165) is 5.75 Å². The number of benzene rings is 1. The first-order chi connectivity index (χ1) is 8.29. The van der Waals surface area contributed by atoms with Crippen LogP contribution in [-0.2, 0) is 9.47 Å². The average molecular weight is 253 g/mol. The van der Waals surface area contributed by atoms with E-state index in [-0.39, 0.29) is 12.1 Å². The Bertz CT molecular complexity index is 367. The van der Waals surface area contributed by atoms with E-state index in [9.17, 15) is 4.79 Å². The number of amides is 1. The monoisotopic (exact) mass is 253 g/mol. The maximum Gasteiger partial charge on any atom is 0.407 e. The van der Waals surface area contributed by atoms with Gasteiger partial charge in [0.25, 0.3) is 0 Å². The normalized spacial score (nSPS) is 19.5. The van der Waals surface area contributed by atoms with Crippen LogP contribution in [0.5, 0.6) is 0 Å². The van der Waals surface area contributed by atoms with Gasteiger partial charge in [-0.15, -0.1) is 11.8 Å². The molecule has 0 bridgehead atoms. The van der Waals surface area contributed by atoms with E-state index in [1.807, 2.05) is 30.3 Å². The number of carbonyl (C=O) groups is 1. The molecule has 1 amide bonds. The van der Waals surface area contributed by atoms with Crippen molar-refractivity contribution >= 4 is 17.9 Å². The summed E-state index contributed by atoms with van der Waals surface area (Å²) in [5, 5.41) is 2.79. The van der Waals surface area contributed by atoms with Crippen LogP contribution in [0, 0.1) is 0 Å². The van der Waals surface area contributed by atoms with Gasteiger partial charge in [-0.2, -0.15) is 0 Å². The van der Waals surface area contributed by atoms with Crippen LogP contribution < -0.4 is 5.32 Å². The van der Waals surface area contributed by atoms with Crippen molar-refractivity contribution < 1.29 is 14.3 Å². The number of methoxy groups -OCH3 is 1. The lowest BCUT2D eigenvalue weighted by molar-refractivity contribution is 0.165. The third kappa shape index (κ3) is 3.94. The van der Waals surface area contributed by atoms with Crippen LogP contribution in [0.2, 0.25) is 0 Å². The average Bonchev–Trinajstić information content (AvgIpc) is 3.19. The van der Waals surface area contributed by atoms with Crippen molar-refractivity contribution in [3.63, 3.8) is 0 Å². The standard InChI is InChI=1S/C12H15NO3S/c1-15-12(14)13-10(11-7-16-11)8-17-9-5-3-2-4-6-9/h2-6,10-11H,7-8H2,1H3,(H,13,14)/t10-,11+/m0/s1. The van der Waals surface area contributed by atoms with Crippen LogP contribution in [0.15, 0.2) is 35.2 Å². The Labute approximate surface area is 105 Å². The van der Waals surface area contributed by atoms with Crippen molar-refractivity contribution in [2.45, 2.75) is 17.0 Å². The van der Waals surface area contributed by atoms with Gasteiger partial charge in [-0.25, -0.2) is 4.79 Å². The van der Waals surface area contributed by atoms with Crippen molar-refractivity contribution in [1.29, 1.82) is 0 Å². The van der Waals surface area contributed by atoms with Gasteiger partial charge < -0.3 is 14.8 Å². The van der Waals surface area contributed by atoms with Crippen LogP contribution in [0.4, 0.5) is 4.79 Å². The Hall–Kier alpha value is -1.20. The fraction of sp³-hybridized carbons (Fsp3) is 0.417. The molecule has 17 heavy (non-hydrogen) atoms. The second-order valence-electron chi connectivity index (χ2n) is 3.74. The van der Waals surface area contributed by atoms with Gasteiger partial charge >= 0.3 is 6.09 Å². The predicted molar refractivity (Wildman–Crippen MR) is 66.2 cm³/mol. The molecule has 0 spiro atoms. The summed E-state index contributed by atoms with van der Waals surface area (Å²) >= 11 is 1.70. The van der Waals surface area contributed by atoms with Gasteiger partial charge in [0, 0.05) is 10.6 Å². The van der Waals surface area contributed by atoms with Crippen molar-refractivity contribution in [1.82, 2.24) is 5.32 Å². The molecule has 0 radical (unpaired) electrons. The number of thioether (sulfide) groups is 1. The number of carbonyl (C=O) groups excluding carboxylic acids is 1. The topological polar surface area (TPSA) is 50.9 Å². The van der Waals surface area contributed by atoms with Gasteiger partial charge in [-0.05, 0) is 12.1 Å². The van der Waals surface area contributed by atoms with Gasteiger partial charge in [0.05, 0.1) is 19.8 Å². The van der Waals surface area contributed by atoms with Gasteiger partial charge in [-0.3, -0.25) is 0 Å². The fourth-order valence-electron chi connectivity index (χ4n) is 1.44. The first-order valence-corrected chi connectivity index (χ1v) is 6.42. The van der Waals surface area contributed by atoms with Crippen molar-refractivity contribution in [3.8, 4) is 0 Å². The van der Waals surface area contributed by atoms with Crippen LogP contribution in [-0.4, -0.2) is 37.7 Å². The highest BCUT2D eigenvalue weighted by Crippen LogP contribution is 2.23. The summed E-state index contributed by atoms with van der Waals surface area (Å²) in [7, 11) is 1.37. The van der Waals surface area contributed by atoms with E-state index < -0.39 is 6.09 Å². The number of ether oxygens (including phenoxy) is 2. The molecule has 5 heteroatoms. The number of alkyl carbamates (subject to hydrolysis) is 1. The molecule has 1 saturated heterocycles. The Balaban J connectivity index is 1.83. The van der Waals surface area contributed by atoms with E-state index in [1.165, 1.54) is 12.0 Å². The smallest absolute Gasteiger partial charge is 0.407 e. The lowest BCUT2D eigenvalue weighted by Gasteiger charge is -2.15. The maximum atomic E-state index is 11.2. The zero-order chi connectivity index (χ0) is 12.1.